The van der Waals surface area contributed by atoms with Crippen LogP contribution in [0.1, 0.15) is 50.0 Å². The van der Waals surface area contributed by atoms with E-state index in [9.17, 15) is 0 Å². The van der Waals surface area contributed by atoms with Crippen LogP contribution in [0.3, 0.4) is 0 Å². The molecular formula is C23H33ClSn. The van der Waals surface area contributed by atoms with Gasteiger partial charge in [0.25, 0.3) is 0 Å². The molecule has 0 nitrogen and oxygen atoms in total. The molecule has 0 amide bonds. The van der Waals surface area contributed by atoms with Gasteiger partial charge in [-0.2, -0.15) is 0 Å². The van der Waals surface area contributed by atoms with Gasteiger partial charge in [-0.1, -0.05) is 0 Å². The van der Waals surface area contributed by atoms with Crippen LogP contribution in [0.25, 0.3) is 0 Å². The van der Waals surface area contributed by atoms with Gasteiger partial charge >= 0.3 is 164 Å². The minimum absolute atomic E-state index is 0.818. The standard InChI is InChI=1S/C20H24Cl.3CH3.Sn/c21-17-3-1-2-14(11-17)19-15-6-7-16(10-15)20(19)18-9-12-4-5-13(18)8-12;;;;/h1-3,9,11-13,15-16,18-20H,4-8,10H2;3*1H3;/t12-,13+,15-,16+,18+,19+,20+;;;;/m0..../s1. The molecule has 136 valence electrons. The summed E-state index contributed by atoms with van der Waals surface area (Å²) in [4.78, 5) is 8.19. The van der Waals surface area contributed by atoms with Crippen LogP contribution in [-0.4, -0.2) is 18.4 Å². The molecule has 4 aliphatic carbocycles. The van der Waals surface area contributed by atoms with Crippen molar-refractivity contribution in [1.82, 2.24) is 0 Å². The normalized spacial score (nSPS) is 45.4. The van der Waals surface area contributed by atoms with Gasteiger partial charge in [-0.15, -0.1) is 0 Å². The molecule has 4 fully saturated rings. The SMILES string of the molecule is [CH3][Sn]([CH3])([CH3])[C@@H]1[C@H]2CC[C@H](C2)[C@@H]1[C@H]1[C@@H]2CC[C@@H](C2)[C@H]1c1cccc(Cl)c1. The first-order chi connectivity index (χ1) is 11.9. The van der Waals surface area contributed by atoms with Crippen molar-refractivity contribution in [3.8, 4) is 0 Å². The summed E-state index contributed by atoms with van der Waals surface area (Å²) in [7, 11) is 0. The molecule has 1 aromatic rings. The Morgan fingerprint density at radius 3 is 2.20 bits per heavy atom. The molecule has 1 aromatic carbocycles. The molecule has 0 saturated heterocycles. The molecule has 4 bridgehead atoms. The predicted molar refractivity (Wildman–Crippen MR) is 110 cm³/mol. The van der Waals surface area contributed by atoms with Gasteiger partial charge in [0.1, 0.15) is 0 Å². The molecule has 0 aliphatic heterocycles. The molecule has 25 heavy (non-hydrogen) atoms. The number of benzene rings is 1. The fraction of sp³-hybridized carbons (Fsp3) is 0.739. The van der Waals surface area contributed by atoms with Crippen molar-refractivity contribution >= 4 is 30.0 Å². The van der Waals surface area contributed by atoms with Gasteiger partial charge in [0, 0.05) is 0 Å². The van der Waals surface area contributed by atoms with Gasteiger partial charge in [-0.3, -0.25) is 0 Å². The van der Waals surface area contributed by atoms with Gasteiger partial charge in [0.15, 0.2) is 0 Å². The van der Waals surface area contributed by atoms with Gasteiger partial charge in [-0.05, 0) is 0 Å². The second-order valence-electron chi connectivity index (χ2n) is 10.8. The van der Waals surface area contributed by atoms with E-state index < -0.39 is 18.4 Å². The Morgan fingerprint density at radius 2 is 1.48 bits per heavy atom. The third-order valence-corrected chi connectivity index (χ3v) is 17.0. The van der Waals surface area contributed by atoms with E-state index in [1.165, 1.54) is 19.3 Å². The molecule has 0 aromatic heterocycles. The van der Waals surface area contributed by atoms with Crippen LogP contribution in [0.15, 0.2) is 24.3 Å². The summed E-state index contributed by atoms with van der Waals surface area (Å²) in [6.45, 7) is 0. The number of hydrogen-bond acceptors (Lipinski definition) is 0. The van der Waals surface area contributed by atoms with Crippen molar-refractivity contribution < 1.29 is 0 Å². The van der Waals surface area contributed by atoms with E-state index in [0.717, 1.165) is 50.4 Å². The predicted octanol–water partition coefficient (Wildman–Crippen LogP) is 7.22. The van der Waals surface area contributed by atoms with E-state index in [1.807, 2.05) is 0 Å². The number of hydrogen-bond donors (Lipinski definition) is 0. The zero-order chi connectivity index (χ0) is 17.3. The quantitative estimate of drug-likeness (QED) is 0.415. The molecule has 4 saturated carbocycles. The van der Waals surface area contributed by atoms with Gasteiger partial charge in [0.05, 0.1) is 0 Å². The molecule has 5 rings (SSSR count). The fourth-order valence-electron chi connectivity index (χ4n) is 8.27. The Labute approximate surface area is 163 Å². The van der Waals surface area contributed by atoms with E-state index in [-0.39, 0.29) is 0 Å². The van der Waals surface area contributed by atoms with Gasteiger partial charge in [0.2, 0.25) is 0 Å². The van der Waals surface area contributed by atoms with Crippen LogP contribution in [-0.2, 0) is 0 Å². The second kappa shape index (κ2) is 6.16. The molecular weight excluding hydrogens is 430 g/mol. The molecule has 8 atom stereocenters. The summed E-state index contributed by atoms with van der Waals surface area (Å²) in [5, 5.41) is 0.943. The minimum atomic E-state index is -1.91. The van der Waals surface area contributed by atoms with Crippen LogP contribution in [0.2, 0.25) is 23.8 Å². The molecule has 0 N–H and O–H groups in total. The summed E-state index contributed by atoms with van der Waals surface area (Å²) in [6, 6.07) is 8.95. The Kier molecular flexibility index (Phi) is 4.29. The monoisotopic (exact) mass is 464 g/mol. The van der Waals surface area contributed by atoms with Crippen LogP contribution >= 0.6 is 11.6 Å². The van der Waals surface area contributed by atoms with Gasteiger partial charge < -0.3 is 0 Å². The number of rotatable bonds is 3. The van der Waals surface area contributed by atoms with E-state index in [0.29, 0.717) is 0 Å². The summed E-state index contributed by atoms with van der Waals surface area (Å²) in [5.41, 5.74) is 1.58. The Bertz CT molecular complexity index is 662. The zero-order valence-electron chi connectivity index (χ0n) is 16.0. The van der Waals surface area contributed by atoms with Crippen molar-refractivity contribution in [3.05, 3.63) is 34.9 Å². The first-order valence-electron chi connectivity index (χ1n) is 10.7. The van der Waals surface area contributed by atoms with Crippen LogP contribution in [0.4, 0.5) is 0 Å². The summed E-state index contributed by atoms with van der Waals surface area (Å²) >= 11 is 4.50. The summed E-state index contributed by atoms with van der Waals surface area (Å²) < 4.78 is 1.15. The molecule has 4 aliphatic rings. The first kappa shape index (κ1) is 17.4. The molecule has 2 heteroatoms. The maximum atomic E-state index is 6.41. The van der Waals surface area contributed by atoms with Crippen molar-refractivity contribution in [2.75, 3.05) is 0 Å². The van der Waals surface area contributed by atoms with Crippen molar-refractivity contribution in [3.63, 3.8) is 0 Å². The average Bonchev–Trinajstić information content (AvgIpc) is 3.31. The number of fused-ring (bicyclic) bond motifs is 4. The van der Waals surface area contributed by atoms with E-state index in [1.54, 1.807) is 24.8 Å². The van der Waals surface area contributed by atoms with E-state index in [4.69, 9.17) is 11.6 Å². The Hall–Kier alpha value is 0.309. The average molecular weight is 464 g/mol. The topological polar surface area (TPSA) is 0 Å². The van der Waals surface area contributed by atoms with Crippen molar-refractivity contribution in [2.24, 2.45) is 35.5 Å². The molecule has 0 spiro atoms. The third-order valence-electron chi connectivity index (χ3n) is 8.64. The molecule has 0 radical (unpaired) electrons. The van der Waals surface area contributed by atoms with Gasteiger partial charge in [-0.25, -0.2) is 0 Å². The Morgan fingerprint density at radius 1 is 0.840 bits per heavy atom. The fourth-order valence-corrected chi connectivity index (χ4v) is 18.1. The summed E-state index contributed by atoms with van der Waals surface area (Å²) in [6.07, 6.45) is 9.20. The molecule has 0 unspecified atom stereocenters. The number of halogens is 1. The Balaban J connectivity index is 1.55. The van der Waals surface area contributed by atoms with Crippen molar-refractivity contribution in [1.29, 1.82) is 0 Å². The van der Waals surface area contributed by atoms with E-state index in [2.05, 4.69) is 39.1 Å². The third kappa shape index (κ3) is 2.75. The second-order valence-corrected chi connectivity index (χ2v) is 26.6. The van der Waals surface area contributed by atoms with Crippen molar-refractivity contribution in [2.45, 2.75) is 63.2 Å². The molecule has 0 heterocycles. The maximum absolute atomic E-state index is 6.41. The summed E-state index contributed by atoms with van der Waals surface area (Å²) in [5.74, 6) is 7.00. The first-order valence-corrected chi connectivity index (χ1v) is 21.3. The van der Waals surface area contributed by atoms with Crippen LogP contribution in [0.5, 0.6) is 0 Å². The van der Waals surface area contributed by atoms with Crippen LogP contribution in [0, 0.1) is 35.5 Å². The zero-order valence-corrected chi connectivity index (χ0v) is 19.7. The van der Waals surface area contributed by atoms with E-state index >= 15 is 0 Å². The van der Waals surface area contributed by atoms with Crippen LogP contribution < -0.4 is 0 Å².